The number of hydrogen-bond donors (Lipinski definition) is 1. The molecule has 0 saturated heterocycles. The van der Waals surface area contributed by atoms with Crippen molar-refractivity contribution in [2.24, 2.45) is 0 Å². The van der Waals surface area contributed by atoms with Gasteiger partial charge in [0.2, 0.25) is 5.01 Å². The molecule has 0 saturated carbocycles. The maximum atomic E-state index is 11.1. The number of thiazole rings is 1. The molecule has 6 heteroatoms. The Morgan fingerprint density at radius 1 is 1.85 bits per heavy atom. The summed E-state index contributed by atoms with van der Waals surface area (Å²) in [6.45, 7) is 2.03. The molecule has 0 fully saturated rings. The number of nitrogens with one attached hydrogen (secondary N) is 1. The average Bonchev–Trinajstić information content (AvgIpc) is 2.52. The molecule has 1 heterocycles. The fourth-order valence-electron chi connectivity index (χ4n) is 0.663. The van der Waals surface area contributed by atoms with E-state index >= 15 is 0 Å². The van der Waals surface area contributed by atoms with Gasteiger partial charge >= 0.3 is 5.97 Å². The van der Waals surface area contributed by atoms with E-state index in [1.165, 1.54) is 6.20 Å². The lowest BCUT2D eigenvalue weighted by Crippen LogP contribution is -2.03. The summed E-state index contributed by atoms with van der Waals surface area (Å²) in [6, 6.07) is 0. The molecule has 0 radical (unpaired) electrons. The molecule has 4 nitrogen and oxygen atoms in total. The Labute approximate surface area is 84.0 Å². The largest absolute Gasteiger partial charge is 0.461 e. The van der Waals surface area contributed by atoms with Crippen molar-refractivity contribution in [1.29, 1.82) is 5.41 Å². The second kappa shape index (κ2) is 4.34. The second-order valence-electron chi connectivity index (χ2n) is 2.06. The van der Waals surface area contributed by atoms with E-state index in [1.807, 2.05) is 0 Å². The van der Waals surface area contributed by atoms with Crippen LogP contribution < -0.4 is 0 Å². The molecule has 0 atom stereocenters. The zero-order chi connectivity index (χ0) is 9.84. The minimum atomic E-state index is -0.475. The van der Waals surface area contributed by atoms with E-state index < -0.39 is 5.97 Å². The van der Waals surface area contributed by atoms with Crippen molar-refractivity contribution in [1.82, 2.24) is 4.98 Å². The van der Waals surface area contributed by atoms with Crippen LogP contribution in [-0.2, 0) is 4.74 Å². The minimum absolute atomic E-state index is 0.118. The summed E-state index contributed by atoms with van der Waals surface area (Å²) in [4.78, 5) is 15.3. The van der Waals surface area contributed by atoms with Gasteiger partial charge in [-0.1, -0.05) is 11.6 Å². The number of carbonyl (C=O) groups is 1. The molecule has 1 aromatic heterocycles. The zero-order valence-electron chi connectivity index (χ0n) is 6.83. The number of esters is 1. The van der Waals surface area contributed by atoms with Crippen molar-refractivity contribution in [2.75, 3.05) is 6.61 Å². The van der Waals surface area contributed by atoms with Gasteiger partial charge in [0, 0.05) is 6.20 Å². The van der Waals surface area contributed by atoms with Crippen LogP contribution in [0.25, 0.3) is 0 Å². The number of hydrogen-bond acceptors (Lipinski definition) is 5. The Balaban J connectivity index is 2.79. The zero-order valence-corrected chi connectivity index (χ0v) is 8.41. The molecule has 1 aromatic rings. The van der Waals surface area contributed by atoms with Gasteiger partial charge < -0.3 is 4.74 Å². The summed E-state index contributed by atoms with van der Waals surface area (Å²) >= 11 is 6.45. The molecule has 0 spiro atoms. The van der Waals surface area contributed by atoms with Crippen molar-refractivity contribution >= 4 is 34.1 Å². The van der Waals surface area contributed by atoms with Crippen molar-refractivity contribution < 1.29 is 9.53 Å². The van der Waals surface area contributed by atoms with E-state index in [9.17, 15) is 4.79 Å². The third kappa shape index (κ3) is 2.50. The SMILES string of the molecule is CCOC(=O)c1ncc(C(=N)Cl)s1. The van der Waals surface area contributed by atoms with Crippen LogP contribution in [-0.4, -0.2) is 22.7 Å². The highest BCUT2D eigenvalue weighted by molar-refractivity contribution is 7.17. The standard InChI is InChI=1S/C7H7ClN2O2S/c1-2-12-7(11)6-10-3-4(13-6)5(8)9/h3,9H,2H2,1H3. The highest BCUT2D eigenvalue weighted by Gasteiger charge is 2.12. The number of ether oxygens (including phenoxy) is 1. The van der Waals surface area contributed by atoms with Crippen LogP contribution >= 0.6 is 22.9 Å². The number of aromatic nitrogens is 1. The monoisotopic (exact) mass is 218 g/mol. The summed E-state index contributed by atoms with van der Waals surface area (Å²) in [5.74, 6) is -0.475. The number of nitrogens with zero attached hydrogens (tertiary/aromatic N) is 1. The van der Waals surface area contributed by atoms with Crippen molar-refractivity contribution in [2.45, 2.75) is 6.92 Å². The molecule has 0 aliphatic carbocycles. The topological polar surface area (TPSA) is 63.0 Å². The molecule has 0 aromatic carbocycles. The van der Waals surface area contributed by atoms with Crippen LogP contribution in [0.3, 0.4) is 0 Å². The summed E-state index contributed by atoms with van der Waals surface area (Å²) < 4.78 is 4.72. The number of rotatable bonds is 3. The maximum absolute atomic E-state index is 11.1. The molecule has 0 bridgehead atoms. The van der Waals surface area contributed by atoms with E-state index in [0.29, 0.717) is 11.5 Å². The predicted molar refractivity (Wildman–Crippen MR) is 50.8 cm³/mol. The van der Waals surface area contributed by atoms with Gasteiger partial charge in [-0.2, -0.15) is 0 Å². The minimum Gasteiger partial charge on any atom is -0.461 e. The van der Waals surface area contributed by atoms with E-state index in [2.05, 4.69) is 4.98 Å². The van der Waals surface area contributed by atoms with Crippen molar-refractivity contribution in [3.63, 3.8) is 0 Å². The van der Waals surface area contributed by atoms with E-state index in [1.54, 1.807) is 6.92 Å². The normalized spacial score (nSPS) is 9.69. The Morgan fingerprint density at radius 3 is 3.00 bits per heavy atom. The van der Waals surface area contributed by atoms with Crippen LogP contribution in [0.4, 0.5) is 0 Å². The lowest BCUT2D eigenvalue weighted by Gasteiger charge is -1.94. The fourth-order valence-corrected chi connectivity index (χ4v) is 1.48. The van der Waals surface area contributed by atoms with Gasteiger partial charge in [-0.3, -0.25) is 5.41 Å². The molecule has 1 rings (SSSR count). The van der Waals surface area contributed by atoms with Crippen LogP contribution in [0.2, 0.25) is 0 Å². The van der Waals surface area contributed by atoms with Gasteiger partial charge in [0.05, 0.1) is 11.5 Å². The van der Waals surface area contributed by atoms with E-state index in [0.717, 1.165) is 11.3 Å². The molecular weight excluding hydrogens is 212 g/mol. The van der Waals surface area contributed by atoms with Gasteiger partial charge in [-0.25, -0.2) is 9.78 Å². The molecular formula is C7H7ClN2O2S. The van der Waals surface area contributed by atoms with Crippen molar-refractivity contribution in [3.05, 3.63) is 16.1 Å². The van der Waals surface area contributed by atoms with E-state index in [4.69, 9.17) is 21.7 Å². The Bertz CT molecular complexity index is 337. The first-order chi connectivity index (χ1) is 6.15. The van der Waals surface area contributed by atoms with E-state index in [-0.39, 0.29) is 10.2 Å². The summed E-state index contributed by atoms with van der Waals surface area (Å²) in [5, 5.41) is 7.18. The quantitative estimate of drug-likeness (QED) is 0.623. The van der Waals surface area contributed by atoms with Gasteiger partial charge in [0.25, 0.3) is 0 Å². The van der Waals surface area contributed by atoms with Crippen LogP contribution in [0.1, 0.15) is 21.6 Å². The van der Waals surface area contributed by atoms with Gasteiger partial charge in [-0.05, 0) is 6.92 Å². The molecule has 0 amide bonds. The molecule has 0 unspecified atom stereocenters. The smallest absolute Gasteiger partial charge is 0.367 e. The Kier molecular flexibility index (Phi) is 3.39. The molecule has 70 valence electrons. The second-order valence-corrected chi connectivity index (χ2v) is 3.47. The van der Waals surface area contributed by atoms with Gasteiger partial charge in [0.1, 0.15) is 5.17 Å². The Hall–Kier alpha value is -0.940. The lowest BCUT2D eigenvalue weighted by molar-refractivity contribution is 0.0526. The summed E-state index contributed by atoms with van der Waals surface area (Å²) in [7, 11) is 0. The van der Waals surface area contributed by atoms with Crippen LogP contribution in [0.5, 0.6) is 0 Å². The highest BCUT2D eigenvalue weighted by Crippen LogP contribution is 2.15. The first-order valence-electron chi connectivity index (χ1n) is 3.52. The summed E-state index contributed by atoms with van der Waals surface area (Å²) in [5.41, 5.74) is 0. The highest BCUT2D eigenvalue weighted by atomic mass is 35.5. The first-order valence-corrected chi connectivity index (χ1v) is 4.72. The molecule has 1 N–H and O–H groups in total. The van der Waals surface area contributed by atoms with Crippen LogP contribution in [0.15, 0.2) is 6.20 Å². The maximum Gasteiger partial charge on any atom is 0.367 e. The molecule has 13 heavy (non-hydrogen) atoms. The number of carbonyl (C=O) groups excluding carboxylic acids is 1. The van der Waals surface area contributed by atoms with Crippen LogP contribution in [0, 0.1) is 5.41 Å². The lowest BCUT2D eigenvalue weighted by atomic mass is 10.6. The van der Waals surface area contributed by atoms with Gasteiger partial charge in [-0.15, -0.1) is 11.3 Å². The number of halogens is 1. The summed E-state index contributed by atoms with van der Waals surface area (Å²) in [6.07, 6.45) is 1.38. The molecule has 0 aliphatic rings. The van der Waals surface area contributed by atoms with Gasteiger partial charge in [0.15, 0.2) is 0 Å². The molecule has 0 aliphatic heterocycles. The predicted octanol–water partition coefficient (Wildman–Crippen LogP) is 1.88. The first kappa shape index (κ1) is 10.1. The fraction of sp³-hybridized carbons (Fsp3) is 0.286. The van der Waals surface area contributed by atoms with Crippen molar-refractivity contribution in [3.8, 4) is 0 Å². The average molecular weight is 219 g/mol. The third-order valence-electron chi connectivity index (χ3n) is 1.17. The Morgan fingerprint density at radius 2 is 2.54 bits per heavy atom. The third-order valence-corrected chi connectivity index (χ3v) is 2.48.